The number of anilines is 1. The monoisotopic (exact) mass is 254 g/mol. The van der Waals surface area contributed by atoms with Crippen molar-refractivity contribution in [1.82, 2.24) is 10.2 Å². The molecule has 0 spiro atoms. The summed E-state index contributed by atoms with van der Waals surface area (Å²) >= 11 is 0. The van der Waals surface area contributed by atoms with Gasteiger partial charge < -0.3 is 10.8 Å². The van der Waals surface area contributed by atoms with E-state index in [9.17, 15) is 5.11 Å². The number of nitriles is 1. The summed E-state index contributed by atoms with van der Waals surface area (Å²) in [7, 11) is 0. The summed E-state index contributed by atoms with van der Waals surface area (Å²) in [5, 5.41) is 25.7. The van der Waals surface area contributed by atoms with Crippen molar-refractivity contribution < 1.29 is 5.11 Å². The number of rotatable bonds is 3. The Hall–Kier alpha value is -2.32. The van der Waals surface area contributed by atoms with Gasteiger partial charge in [0.25, 0.3) is 0 Å². The van der Waals surface area contributed by atoms with Crippen LogP contribution in [0.1, 0.15) is 30.1 Å². The quantitative estimate of drug-likeness (QED) is 0.779. The van der Waals surface area contributed by atoms with E-state index in [1.807, 2.05) is 30.3 Å². The van der Waals surface area contributed by atoms with E-state index >= 15 is 0 Å². The number of nitrogen functional groups attached to an aromatic ring is 1. The molecule has 0 saturated heterocycles. The van der Waals surface area contributed by atoms with Gasteiger partial charge in [-0.15, -0.1) is 0 Å². The molecule has 1 fully saturated rings. The lowest BCUT2D eigenvalue weighted by atomic mass is 10.0. The van der Waals surface area contributed by atoms with Crippen molar-refractivity contribution in [3.8, 4) is 17.3 Å². The third-order valence-corrected chi connectivity index (χ3v) is 3.50. The Balaban J connectivity index is 1.92. The minimum Gasteiger partial charge on any atom is -0.388 e. The van der Waals surface area contributed by atoms with E-state index in [4.69, 9.17) is 11.0 Å². The second-order valence-corrected chi connectivity index (χ2v) is 4.88. The fraction of sp³-hybridized carbons (Fsp3) is 0.286. The van der Waals surface area contributed by atoms with Crippen molar-refractivity contribution in [2.24, 2.45) is 5.92 Å². The van der Waals surface area contributed by atoms with Crippen molar-refractivity contribution >= 4 is 5.82 Å². The molecule has 1 saturated carbocycles. The van der Waals surface area contributed by atoms with Crippen LogP contribution in [0.3, 0.4) is 0 Å². The molecule has 19 heavy (non-hydrogen) atoms. The Labute approximate surface area is 110 Å². The zero-order valence-electron chi connectivity index (χ0n) is 10.3. The van der Waals surface area contributed by atoms with Gasteiger partial charge in [0.1, 0.15) is 23.1 Å². The third-order valence-electron chi connectivity index (χ3n) is 3.50. The van der Waals surface area contributed by atoms with Crippen LogP contribution >= 0.6 is 0 Å². The largest absolute Gasteiger partial charge is 0.388 e. The number of benzene rings is 1. The lowest BCUT2D eigenvalue weighted by molar-refractivity contribution is 0.154. The molecule has 1 heterocycles. The second-order valence-electron chi connectivity index (χ2n) is 4.88. The van der Waals surface area contributed by atoms with Crippen molar-refractivity contribution in [2.75, 3.05) is 5.73 Å². The molecule has 0 bridgehead atoms. The van der Waals surface area contributed by atoms with Gasteiger partial charge in [0.2, 0.25) is 0 Å². The van der Waals surface area contributed by atoms with Gasteiger partial charge in [-0.05, 0) is 24.3 Å². The maximum Gasteiger partial charge on any atom is 0.137 e. The van der Waals surface area contributed by atoms with Gasteiger partial charge in [0.05, 0.1) is 6.10 Å². The number of nitrogens with one attached hydrogen (secondary N) is 1. The van der Waals surface area contributed by atoms with E-state index in [-0.39, 0.29) is 11.9 Å². The summed E-state index contributed by atoms with van der Waals surface area (Å²) in [5.74, 6) is 0.682. The molecule has 2 aromatic rings. The minimum absolute atomic E-state index is 0.277. The van der Waals surface area contributed by atoms with Gasteiger partial charge in [-0.25, -0.2) is 0 Å². The molecule has 1 aromatic heterocycles. The van der Waals surface area contributed by atoms with Crippen LogP contribution in [0.2, 0.25) is 0 Å². The zero-order valence-corrected chi connectivity index (χ0v) is 10.3. The molecular weight excluding hydrogens is 240 g/mol. The highest BCUT2D eigenvalue weighted by molar-refractivity contribution is 5.72. The Bertz CT molecular complexity index is 634. The predicted octanol–water partition coefficient (Wildman–Crippen LogP) is 1.97. The number of aromatic nitrogens is 2. The van der Waals surface area contributed by atoms with Crippen molar-refractivity contribution in [3.05, 3.63) is 35.4 Å². The highest BCUT2D eigenvalue weighted by Crippen LogP contribution is 2.41. The maximum atomic E-state index is 10.0. The van der Waals surface area contributed by atoms with E-state index in [1.165, 1.54) is 0 Å². The number of aliphatic hydroxyl groups excluding tert-OH is 1. The summed E-state index contributed by atoms with van der Waals surface area (Å²) in [6.45, 7) is 0. The fourth-order valence-electron chi connectivity index (χ4n) is 2.20. The highest BCUT2D eigenvalue weighted by atomic mass is 16.3. The SMILES string of the molecule is N#Cc1c(-c2ccc(C(O)C3CC3)cc2)n[nH]c1N. The van der Waals surface area contributed by atoms with Crippen LogP contribution in [0.4, 0.5) is 5.82 Å². The number of aliphatic hydroxyl groups is 1. The summed E-state index contributed by atoms with van der Waals surface area (Å²) in [5.41, 5.74) is 8.27. The summed E-state index contributed by atoms with van der Waals surface area (Å²) < 4.78 is 0. The van der Waals surface area contributed by atoms with Gasteiger partial charge in [-0.1, -0.05) is 24.3 Å². The molecule has 4 N–H and O–H groups in total. The molecule has 1 atom stereocenters. The first-order chi connectivity index (χ1) is 9.20. The molecule has 1 unspecified atom stereocenters. The molecule has 0 amide bonds. The number of H-pyrrole nitrogens is 1. The number of nitrogens with two attached hydrogens (primary N) is 1. The van der Waals surface area contributed by atoms with Gasteiger partial charge in [-0.3, -0.25) is 5.10 Å². The van der Waals surface area contributed by atoms with E-state index < -0.39 is 0 Å². The van der Waals surface area contributed by atoms with E-state index in [2.05, 4.69) is 10.2 Å². The molecule has 1 aliphatic carbocycles. The lowest BCUT2D eigenvalue weighted by Gasteiger charge is -2.09. The zero-order chi connectivity index (χ0) is 13.4. The second kappa shape index (κ2) is 4.41. The fourth-order valence-corrected chi connectivity index (χ4v) is 2.20. The first-order valence-electron chi connectivity index (χ1n) is 6.23. The van der Waals surface area contributed by atoms with E-state index in [0.29, 0.717) is 17.2 Å². The Morgan fingerprint density at radius 1 is 1.37 bits per heavy atom. The van der Waals surface area contributed by atoms with Crippen LogP contribution in [0.15, 0.2) is 24.3 Å². The summed E-state index contributed by atoms with van der Waals surface area (Å²) in [6.07, 6.45) is 1.81. The van der Waals surface area contributed by atoms with E-state index in [0.717, 1.165) is 24.0 Å². The normalized spacial score (nSPS) is 16.0. The number of hydrogen-bond acceptors (Lipinski definition) is 4. The predicted molar refractivity (Wildman–Crippen MR) is 70.8 cm³/mol. The Morgan fingerprint density at radius 3 is 2.63 bits per heavy atom. The topological polar surface area (TPSA) is 98.7 Å². The van der Waals surface area contributed by atoms with Crippen molar-refractivity contribution in [1.29, 1.82) is 5.26 Å². The molecule has 0 aliphatic heterocycles. The standard InChI is InChI=1S/C14H14N4O/c15-7-11-12(17-18-14(11)16)8-1-3-9(4-2-8)13(19)10-5-6-10/h1-4,10,13,19H,5-6H2,(H3,16,17,18). The van der Waals surface area contributed by atoms with Crippen LogP contribution in [-0.4, -0.2) is 15.3 Å². The number of hydrogen-bond donors (Lipinski definition) is 3. The average Bonchev–Trinajstić information content (AvgIpc) is 3.21. The number of nitrogens with zero attached hydrogens (tertiary/aromatic N) is 2. The van der Waals surface area contributed by atoms with Crippen LogP contribution in [0.25, 0.3) is 11.3 Å². The van der Waals surface area contributed by atoms with Crippen LogP contribution < -0.4 is 5.73 Å². The van der Waals surface area contributed by atoms with Gasteiger partial charge in [0, 0.05) is 5.56 Å². The molecular formula is C14H14N4O. The van der Waals surface area contributed by atoms with Crippen LogP contribution in [-0.2, 0) is 0 Å². The Kier molecular flexibility index (Phi) is 2.73. The van der Waals surface area contributed by atoms with Crippen LogP contribution in [0.5, 0.6) is 0 Å². The molecule has 0 radical (unpaired) electrons. The number of aromatic amines is 1. The molecule has 1 aliphatic rings. The van der Waals surface area contributed by atoms with Gasteiger partial charge in [-0.2, -0.15) is 10.4 Å². The average molecular weight is 254 g/mol. The Morgan fingerprint density at radius 2 is 2.05 bits per heavy atom. The molecule has 96 valence electrons. The molecule has 1 aromatic carbocycles. The lowest BCUT2D eigenvalue weighted by Crippen LogP contribution is -1.99. The van der Waals surface area contributed by atoms with Crippen molar-refractivity contribution in [2.45, 2.75) is 18.9 Å². The van der Waals surface area contributed by atoms with Gasteiger partial charge in [0.15, 0.2) is 0 Å². The van der Waals surface area contributed by atoms with E-state index in [1.54, 1.807) is 0 Å². The van der Waals surface area contributed by atoms with Crippen molar-refractivity contribution in [3.63, 3.8) is 0 Å². The smallest absolute Gasteiger partial charge is 0.137 e. The molecule has 5 nitrogen and oxygen atoms in total. The summed E-state index contributed by atoms with van der Waals surface area (Å²) in [4.78, 5) is 0. The third kappa shape index (κ3) is 2.07. The molecule has 3 rings (SSSR count). The van der Waals surface area contributed by atoms with Crippen LogP contribution in [0, 0.1) is 17.2 Å². The maximum absolute atomic E-state index is 10.0. The first-order valence-corrected chi connectivity index (χ1v) is 6.23. The minimum atomic E-state index is -0.381. The molecule has 5 heteroatoms. The first kappa shape index (κ1) is 11.8. The van der Waals surface area contributed by atoms with Gasteiger partial charge >= 0.3 is 0 Å². The highest BCUT2D eigenvalue weighted by Gasteiger charge is 2.30. The summed E-state index contributed by atoms with van der Waals surface area (Å²) in [6, 6.07) is 9.52.